The lowest BCUT2D eigenvalue weighted by molar-refractivity contribution is -0.147. The maximum absolute atomic E-state index is 12.7. The molecule has 0 radical (unpaired) electrons. The number of amides is 2. The molecular formula is C25H28N2O5. The first-order valence-electron chi connectivity index (χ1n) is 11.1. The summed E-state index contributed by atoms with van der Waals surface area (Å²) in [4.78, 5) is 38.4. The van der Waals surface area contributed by atoms with Gasteiger partial charge < -0.3 is 20.1 Å². The van der Waals surface area contributed by atoms with Crippen molar-refractivity contribution < 1.29 is 24.2 Å². The van der Waals surface area contributed by atoms with Crippen LogP contribution in [0.5, 0.6) is 11.5 Å². The van der Waals surface area contributed by atoms with Crippen LogP contribution in [-0.2, 0) is 9.59 Å². The first-order chi connectivity index (χ1) is 15.5. The molecule has 2 aromatic carbocycles. The van der Waals surface area contributed by atoms with E-state index >= 15 is 0 Å². The molecule has 1 aliphatic heterocycles. The van der Waals surface area contributed by atoms with Gasteiger partial charge in [-0.15, -0.1) is 0 Å². The number of nitrogens with zero attached hydrogens (tertiary/aromatic N) is 1. The van der Waals surface area contributed by atoms with E-state index in [1.165, 1.54) is 17.7 Å². The minimum absolute atomic E-state index is 0.220. The average molecular weight is 437 g/mol. The van der Waals surface area contributed by atoms with Crippen LogP contribution in [0.15, 0.2) is 54.6 Å². The summed E-state index contributed by atoms with van der Waals surface area (Å²) in [5, 5.41) is 12.2. The average Bonchev–Trinajstić information content (AvgIpc) is 3.48. The lowest BCUT2D eigenvalue weighted by Gasteiger charge is -2.22. The molecule has 1 saturated heterocycles. The fourth-order valence-electron chi connectivity index (χ4n) is 4.81. The third kappa shape index (κ3) is 5.10. The molecule has 7 nitrogen and oxygen atoms in total. The summed E-state index contributed by atoms with van der Waals surface area (Å²) in [6.07, 6.45) is 5.08. The van der Waals surface area contributed by atoms with Crippen LogP contribution < -0.4 is 10.1 Å². The van der Waals surface area contributed by atoms with Crippen molar-refractivity contribution in [3.63, 3.8) is 0 Å². The summed E-state index contributed by atoms with van der Waals surface area (Å²) in [6, 6.07) is 15.2. The van der Waals surface area contributed by atoms with Crippen LogP contribution in [0, 0.1) is 11.8 Å². The van der Waals surface area contributed by atoms with E-state index in [4.69, 9.17) is 4.74 Å². The standard InChI is InChI=1S/C25H28N2O5/c28-23(27-16-19(14-22(27)25(30)31)17-6-4-5-7-17)15-26-24(29)18-10-12-21(13-11-18)32-20-8-2-1-3-9-20/h1-3,8-13,17,19,22H,4-7,14-16H2,(H,26,29)(H,30,31)/t19?,22-/m0/s1. The van der Waals surface area contributed by atoms with Gasteiger partial charge in [0, 0.05) is 12.1 Å². The molecule has 32 heavy (non-hydrogen) atoms. The summed E-state index contributed by atoms with van der Waals surface area (Å²) in [5.74, 6) is 0.321. The lowest BCUT2D eigenvalue weighted by atomic mass is 9.89. The van der Waals surface area contributed by atoms with Crippen molar-refractivity contribution in [3.8, 4) is 11.5 Å². The SMILES string of the molecule is O=C(NCC(=O)N1CC(C2CCCC2)C[C@H]1C(=O)O)c1ccc(Oc2ccccc2)cc1. The molecule has 2 N–H and O–H groups in total. The first kappa shape index (κ1) is 21.9. The first-order valence-corrected chi connectivity index (χ1v) is 11.1. The Kier molecular flexibility index (Phi) is 6.73. The van der Waals surface area contributed by atoms with Gasteiger partial charge in [-0.2, -0.15) is 0 Å². The van der Waals surface area contributed by atoms with E-state index < -0.39 is 12.0 Å². The van der Waals surface area contributed by atoms with E-state index in [9.17, 15) is 19.5 Å². The number of carbonyl (C=O) groups is 3. The van der Waals surface area contributed by atoms with Crippen LogP contribution in [0.25, 0.3) is 0 Å². The number of ether oxygens (including phenoxy) is 1. The number of para-hydroxylation sites is 1. The van der Waals surface area contributed by atoms with E-state index in [-0.39, 0.29) is 24.3 Å². The molecular weight excluding hydrogens is 408 g/mol. The van der Waals surface area contributed by atoms with Gasteiger partial charge in [-0.3, -0.25) is 9.59 Å². The summed E-state index contributed by atoms with van der Waals surface area (Å²) < 4.78 is 5.72. The summed E-state index contributed by atoms with van der Waals surface area (Å²) in [7, 11) is 0. The van der Waals surface area contributed by atoms with Crippen LogP contribution in [0.4, 0.5) is 0 Å². The van der Waals surface area contributed by atoms with Gasteiger partial charge in [0.15, 0.2) is 0 Å². The molecule has 4 rings (SSSR count). The Morgan fingerprint density at radius 3 is 2.25 bits per heavy atom. The van der Waals surface area contributed by atoms with Gasteiger partial charge in [0.05, 0.1) is 6.54 Å². The van der Waals surface area contributed by atoms with E-state index in [0.717, 1.165) is 12.8 Å². The number of carbonyl (C=O) groups excluding carboxylic acids is 2. The number of hydrogen-bond donors (Lipinski definition) is 2. The second kappa shape index (κ2) is 9.85. The molecule has 1 saturated carbocycles. The van der Waals surface area contributed by atoms with Crippen LogP contribution in [-0.4, -0.2) is 46.9 Å². The van der Waals surface area contributed by atoms with E-state index in [2.05, 4.69) is 5.32 Å². The quantitative estimate of drug-likeness (QED) is 0.690. The van der Waals surface area contributed by atoms with E-state index in [0.29, 0.717) is 35.9 Å². The number of nitrogens with one attached hydrogen (secondary N) is 1. The highest BCUT2D eigenvalue weighted by molar-refractivity contribution is 5.97. The van der Waals surface area contributed by atoms with Crippen LogP contribution in [0.3, 0.4) is 0 Å². The van der Waals surface area contributed by atoms with Crippen molar-refractivity contribution in [2.24, 2.45) is 11.8 Å². The number of benzene rings is 2. The number of rotatable bonds is 7. The monoisotopic (exact) mass is 436 g/mol. The third-order valence-corrected chi connectivity index (χ3v) is 6.50. The van der Waals surface area contributed by atoms with Gasteiger partial charge >= 0.3 is 5.97 Å². The highest BCUT2D eigenvalue weighted by atomic mass is 16.5. The molecule has 1 unspecified atom stereocenters. The predicted octanol–water partition coefficient (Wildman–Crippen LogP) is 3.70. The largest absolute Gasteiger partial charge is 0.480 e. The molecule has 0 aromatic heterocycles. The van der Waals surface area contributed by atoms with Gasteiger partial charge in [0.25, 0.3) is 5.91 Å². The molecule has 2 aliphatic rings. The Hall–Kier alpha value is -3.35. The molecule has 2 fully saturated rings. The van der Waals surface area contributed by atoms with Gasteiger partial charge in [-0.05, 0) is 54.7 Å². The molecule has 2 amide bonds. The second-order valence-electron chi connectivity index (χ2n) is 8.56. The van der Waals surface area contributed by atoms with Crippen molar-refractivity contribution >= 4 is 17.8 Å². The molecule has 2 aromatic rings. The number of aliphatic carboxylic acids is 1. The number of likely N-dealkylation sites (tertiary alicyclic amines) is 1. The van der Waals surface area contributed by atoms with Crippen LogP contribution in [0.2, 0.25) is 0 Å². The van der Waals surface area contributed by atoms with Crippen molar-refractivity contribution in [1.82, 2.24) is 10.2 Å². The summed E-state index contributed by atoms with van der Waals surface area (Å²) in [5.41, 5.74) is 0.401. The Morgan fingerprint density at radius 2 is 1.59 bits per heavy atom. The minimum Gasteiger partial charge on any atom is -0.480 e. The maximum Gasteiger partial charge on any atom is 0.326 e. The zero-order valence-electron chi connectivity index (χ0n) is 17.9. The van der Waals surface area contributed by atoms with Gasteiger partial charge in [-0.25, -0.2) is 4.79 Å². The molecule has 0 spiro atoms. The molecule has 1 aliphatic carbocycles. The van der Waals surface area contributed by atoms with Gasteiger partial charge in [-0.1, -0.05) is 43.9 Å². The molecule has 2 atom stereocenters. The lowest BCUT2D eigenvalue weighted by Crippen LogP contribution is -2.45. The molecule has 1 heterocycles. The second-order valence-corrected chi connectivity index (χ2v) is 8.56. The summed E-state index contributed by atoms with van der Waals surface area (Å²) in [6.45, 7) is 0.240. The zero-order valence-corrected chi connectivity index (χ0v) is 17.9. The van der Waals surface area contributed by atoms with Gasteiger partial charge in [0.1, 0.15) is 17.5 Å². The Morgan fingerprint density at radius 1 is 0.938 bits per heavy atom. The number of carboxylic acids is 1. The number of carboxylic acid groups (broad SMARTS) is 1. The highest BCUT2D eigenvalue weighted by Gasteiger charge is 2.42. The fraction of sp³-hybridized carbons (Fsp3) is 0.400. The number of hydrogen-bond acceptors (Lipinski definition) is 4. The third-order valence-electron chi connectivity index (χ3n) is 6.50. The normalized spacial score (nSPS) is 20.8. The van der Waals surface area contributed by atoms with Gasteiger partial charge in [0.2, 0.25) is 5.91 Å². The Labute approximate surface area is 187 Å². The van der Waals surface area contributed by atoms with Crippen molar-refractivity contribution in [3.05, 3.63) is 60.2 Å². The topological polar surface area (TPSA) is 95.9 Å². The Balaban J connectivity index is 1.31. The predicted molar refractivity (Wildman–Crippen MR) is 118 cm³/mol. The summed E-state index contributed by atoms with van der Waals surface area (Å²) >= 11 is 0. The minimum atomic E-state index is -0.973. The van der Waals surface area contributed by atoms with E-state index in [1.807, 2.05) is 30.3 Å². The van der Waals surface area contributed by atoms with E-state index in [1.54, 1.807) is 24.3 Å². The van der Waals surface area contributed by atoms with Crippen molar-refractivity contribution in [1.29, 1.82) is 0 Å². The fourth-order valence-corrected chi connectivity index (χ4v) is 4.81. The smallest absolute Gasteiger partial charge is 0.326 e. The van der Waals surface area contributed by atoms with Crippen LogP contribution >= 0.6 is 0 Å². The molecule has 7 heteroatoms. The molecule has 168 valence electrons. The Bertz CT molecular complexity index is 954. The van der Waals surface area contributed by atoms with Crippen molar-refractivity contribution in [2.75, 3.05) is 13.1 Å². The zero-order chi connectivity index (χ0) is 22.5. The van der Waals surface area contributed by atoms with Crippen LogP contribution in [0.1, 0.15) is 42.5 Å². The van der Waals surface area contributed by atoms with Crippen molar-refractivity contribution in [2.45, 2.75) is 38.1 Å². The highest BCUT2D eigenvalue weighted by Crippen LogP contribution is 2.38. The maximum atomic E-state index is 12.7. The molecule has 0 bridgehead atoms.